The van der Waals surface area contributed by atoms with E-state index in [1.807, 2.05) is 27.7 Å². The molecule has 2 rings (SSSR count). The van der Waals surface area contributed by atoms with Crippen LogP contribution in [0.15, 0.2) is 12.3 Å². The fraction of sp³-hybridized carbons (Fsp3) is 0.600. The van der Waals surface area contributed by atoms with Crippen molar-refractivity contribution in [3.63, 3.8) is 0 Å². The van der Waals surface area contributed by atoms with E-state index in [0.717, 1.165) is 4.68 Å². The number of hydrogen-bond donors (Lipinski definition) is 1. The van der Waals surface area contributed by atoms with Crippen LogP contribution in [0.25, 0.3) is 10.9 Å². The number of aromatic nitrogens is 3. The lowest BCUT2D eigenvalue weighted by Gasteiger charge is -2.21. The van der Waals surface area contributed by atoms with E-state index in [-0.39, 0.29) is 6.04 Å². The molecule has 0 radical (unpaired) electrons. The summed E-state index contributed by atoms with van der Waals surface area (Å²) in [6.07, 6.45) is -2.96. The number of aryl methyl sites for hydroxylation is 1. The van der Waals surface area contributed by atoms with Gasteiger partial charge in [0.25, 0.3) is 0 Å². The van der Waals surface area contributed by atoms with E-state index in [1.165, 1.54) is 6.20 Å². The molecule has 2 atom stereocenters. The number of nitrogens with zero attached hydrogens (tertiary/aromatic N) is 3. The van der Waals surface area contributed by atoms with Crippen LogP contribution in [-0.4, -0.2) is 29.9 Å². The van der Waals surface area contributed by atoms with Crippen LogP contribution in [0.2, 0.25) is 0 Å². The molecule has 0 aliphatic rings. The third-order valence-electron chi connectivity index (χ3n) is 3.46. The molecular formula is C15H21F3N4OS. The van der Waals surface area contributed by atoms with Gasteiger partial charge in [0.15, 0.2) is 0 Å². The molecule has 0 aromatic carbocycles. The molecule has 0 spiro atoms. The Morgan fingerprint density at radius 2 is 1.96 bits per heavy atom. The van der Waals surface area contributed by atoms with Crippen LogP contribution in [0.1, 0.15) is 45.1 Å². The van der Waals surface area contributed by atoms with Crippen molar-refractivity contribution in [2.75, 3.05) is 0 Å². The summed E-state index contributed by atoms with van der Waals surface area (Å²) in [5.41, 5.74) is 1.44. The average Bonchev–Trinajstić information content (AvgIpc) is 2.71. The smallest absolute Gasteiger partial charge is 0.257 e. The Morgan fingerprint density at radius 1 is 1.33 bits per heavy atom. The van der Waals surface area contributed by atoms with Crippen molar-refractivity contribution >= 4 is 21.9 Å². The summed E-state index contributed by atoms with van der Waals surface area (Å²) in [7, 11) is -1.27. The first-order valence-electron chi connectivity index (χ1n) is 7.46. The van der Waals surface area contributed by atoms with E-state index < -0.39 is 28.5 Å². The lowest BCUT2D eigenvalue weighted by Crippen LogP contribution is -2.35. The Bertz CT molecular complexity index is 764. The van der Waals surface area contributed by atoms with E-state index in [4.69, 9.17) is 0 Å². The van der Waals surface area contributed by atoms with Crippen molar-refractivity contribution < 1.29 is 17.4 Å². The van der Waals surface area contributed by atoms with Gasteiger partial charge in [-0.1, -0.05) is 0 Å². The van der Waals surface area contributed by atoms with Gasteiger partial charge >= 0.3 is 6.18 Å². The Kier molecular flexibility index (Phi) is 5.06. The van der Waals surface area contributed by atoms with Crippen molar-refractivity contribution in [2.24, 2.45) is 0 Å². The predicted octanol–water partition coefficient (Wildman–Crippen LogP) is 3.41. The fourth-order valence-electron chi connectivity index (χ4n) is 2.17. The maximum atomic E-state index is 12.6. The molecule has 0 aliphatic heterocycles. The molecule has 2 aromatic heterocycles. The fourth-order valence-corrected chi connectivity index (χ4v) is 2.97. The van der Waals surface area contributed by atoms with Crippen molar-refractivity contribution in [1.82, 2.24) is 19.5 Å². The molecule has 24 heavy (non-hydrogen) atoms. The summed E-state index contributed by atoms with van der Waals surface area (Å²) >= 11 is 0. The Balaban J connectivity index is 2.32. The van der Waals surface area contributed by atoms with Gasteiger partial charge in [-0.05, 0) is 40.7 Å². The lowest BCUT2D eigenvalue weighted by atomic mass is 10.1. The molecule has 0 aliphatic carbocycles. The second-order valence-corrected chi connectivity index (χ2v) is 8.70. The quantitative estimate of drug-likeness (QED) is 0.907. The summed E-state index contributed by atoms with van der Waals surface area (Å²) < 4.78 is 53.5. The molecule has 134 valence electrons. The molecule has 0 saturated carbocycles. The highest BCUT2D eigenvalue weighted by Gasteiger charge is 2.30. The normalized spacial score (nSPS) is 15.7. The number of halogens is 3. The zero-order valence-electron chi connectivity index (χ0n) is 14.2. The number of alkyl halides is 3. The van der Waals surface area contributed by atoms with Crippen LogP contribution >= 0.6 is 0 Å². The first-order valence-corrected chi connectivity index (χ1v) is 8.61. The van der Waals surface area contributed by atoms with Gasteiger partial charge in [0, 0.05) is 5.39 Å². The minimum atomic E-state index is -4.34. The van der Waals surface area contributed by atoms with Gasteiger partial charge in [-0.25, -0.2) is 8.93 Å². The Hall–Kier alpha value is -1.48. The maximum Gasteiger partial charge on any atom is 0.408 e. The number of pyridine rings is 1. The van der Waals surface area contributed by atoms with E-state index in [2.05, 4.69) is 14.8 Å². The van der Waals surface area contributed by atoms with Crippen molar-refractivity contribution in [3.05, 3.63) is 23.7 Å². The predicted molar refractivity (Wildman–Crippen MR) is 87.8 cm³/mol. The molecule has 0 bridgehead atoms. The minimum Gasteiger partial charge on any atom is -0.257 e. The molecule has 0 amide bonds. The molecule has 1 unspecified atom stereocenters. The molecular weight excluding hydrogens is 341 g/mol. The van der Waals surface area contributed by atoms with E-state index in [0.29, 0.717) is 22.3 Å². The average molecular weight is 362 g/mol. The third kappa shape index (κ3) is 4.32. The van der Waals surface area contributed by atoms with Gasteiger partial charge in [-0.3, -0.25) is 9.67 Å². The van der Waals surface area contributed by atoms with Crippen molar-refractivity contribution in [3.8, 4) is 0 Å². The van der Waals surface area contributed by atoms with Crippen molar-refractivity contribution in [2.45, 2.75) is 58.1 Å². The molecule has 1 N–H and O–H groups in total. The van der Waals surface area contributed by atoms with Crippen LogP contribution in [-0.2, 0) is 17.5 Å². The maximum absolute atomic E-state index is 12.6. The summed E-state index contributed by atoms with van der Waals surface area (Å²) in [6, 6.07) is 1.39. The molecule has 0 saturated heterocycles. The van der Waals surface area contributed by atoms with Gasteiger partial charge in [0.05, 0.1) is 44.9 Å². The standard InChI is InChI=1S/C15H21F3N4OS/c1-9-11-6-12(10(2)21-24(23)14(3,4)5)19-7-13(11)22(20-9)8-15(16,17)18/h6-7,10,21H,8H2,1-5H3/t10-,24?/m1/s1. The second kappa shape index (κ2) is 6.44. The summed E-state index contributed by atoms with van der Waals surface area (Å²) in [6.45, 7) is 7.87. The number of fused-ring (bicyclic) bond motifs is 1. The minimum absolute atomic E-state index is 0.306. The zero-order chi connectivity index (χ0) is 18.3. The Labute approximate surface area is 141 Å². The van der Waals surface area contributed by atoms with Crippen LogP contribution in [0.4, 0.5) is 13.2 Å². The first-order chi connectivity index (χ1) is 10.9. The summed E-state index contributed by atoms with van der Waals surface area (Å²) in [5, 5.41) is 4.56. The van der Waals surface area contributed by atoms with Crippen LogP contribution in [0.5, 0.6) is 0 Å². The van der Waals surface area contributed by atoms with Crippen LogP contribution in [0.3, 0.4) is 0 Å². The monoisotopic (exact) mass is 362 g/mol. The highest BCUT2D eigenvalue weighted by Crippen LogP contribution is 2.25. The second-order valence-electron chi connectivity index (χ2n) is 6.71. The van der Waals surface area contributed by atoms with E-state index >= 15 is 0 Å². The molecule has 9 heteroatoms. The number of hydrogen-bond acceptors (Lipinski definition) is 3. The zero-order valence-corrected chi connectivity index (χ0v) is 15.0. The summed E-state index contributed by atoms with van der Waals surface area (Å²) in [5.74, 6) is 0. The van der Waals surface area contributed by atoms with Gasteiger partial charge in [0.1, 0.15) is 6.54 Å². The first kappa shape index (κ1) is 18.9. The highest BCUT2D eigenvalue weighted by atomic mass is 32.2. The lowest BCUT2D eigenvalue weighted by molar-refractivity contribution is -0.141. The number of nitrogens with one attached hydrogen (secondary N) is 1. The van der Waals surface area contributed by atoms with E-state index in [9.17, 15) is 17.4 Å². The van der Waals surface area contributed by atoms with Gasteiger partial charge < -0.3 is 0 Å². The largest absolute Gasteiger partial charge is 0.408 e. The molecule has 2 heterocycles. The van der Waals surface area contributed by atoms with Gasteiger partial charge in [-0.15, -0.1) is 0 Å². The highest BCUT2D eigenvalue weighted by molar-refractivity contribution is 7.84. The van der Waals surface area contributed by atoms with Crippen LogP contribution in [0, 0.1) is 6.92 Å². The van der Waals surface area contributed by atoms with E-state index in [1.54, 1.807) is 13.0 Å². The molecule has 2 aromatic rings. The van der Waals surface area contributed by atoms with Crippen LogP contribution < -0.4 is 4.72 Å². The van der Waals surface area contributed by atoms with Gasteiger partial charge in [0.2, 0.25) is 0 Å². The topological polar surface area (TPSA) is 59.8 Å². The molecule has 0 fully saturated rings. The SMILES string of the molecule is Cc1nn(CC(F)(F)F)c2cnc([C@@H](C)NS(=O)C(C)(C)C)cc12. The third-order valence-corrected chi connectivity index (χ3v) is 5.14. The van der Waals surface area contributed by atoms with Gasteiger partial charge in [-0.2, -0.15) is 18.3 Å². The molecule has 5 nitrogen and oxygen atoms in total. The Morgan fingerprint density at radius 3 is 2.50 bits per heavy atom. The summed E-state index contributed by atoms with van der Waals surface area (Å²) in [4.78, 5) is 4.22. The van der Waals surface area contributed by atoms with Crippen molar-refractivity contribution in [1.29, 1.82) is 0 Å². The number of rotatable bonds is 4.